The molecular weight excluding hydrogens is 420 g/mol. The van der Waals surface area contributed by atoms with Crippen LogP contribution < -0.4 is 5.32 Å². The highest BCUT2D eigenvalue weighted by Crippen LogP contribution is 2.67. The Balaban J connectivity index is 1.43. The number of amides is 1. The summed E-state index contributed by atoms with van der Waals surface area (Å²) in [5.41, 5.74) is 1.21. The van der Waals surface area contributed by atoms with E-state index in [0.717, 1.165) is 50.7 Å². The summed E-state index contributed by atoms with van der Waals surface area (Å²) in [6.45, 7) is 5.70. The number of carboxylic acids is 1. The van der Waals surface area contributed by atoms with Gasteiger partial charge in [-0.2, -0.15) is 0 Å². The average Bonchev–Trinajstić information content (AvgIpc) is 3.05. The summed E-state index contributed by atoms with van der Waals surface area (Å²) in [4.78, 5) is 27.9. The number of allylic oxidation sites excluding steroid dienone is 2. The fourth-order valence-electron chi connectivity index (χ4n) is 7.41. The van der Waals surface area contributed by atoms with Crippen molar-refractivity contribution in [3.8, 4) is 12.3 Å². The molecule has 0 aromatic heterocycles. The smallest absolute Gasteiger partial charge is 0.325 e. The van der Waals surface area contributed by atoms with Gasteiger partial charge < -0.3 is 20.4 Å². The van der Waals surface area contributed by atoms with Crippen LogP contribution in [0.1, 0.15) is 72.1 Å². The Morgan fingerprint density at radius 3 is 2.67 bits per heavy atom. The SMILES string of the molecule is C#C[C@@]1(O)CC[C@H]2[C@@H]3CCC4=CC(=NOCC(=O)N[C@H](C)C(=O)O)CC[C@]4(C)[C@H]3CC[C@@]21C. The maximum atomic E-state index is 11.8. The molecule has 0 aliphatic heterocycles. The summed E-state index contributed by atoms with van der Waals surface area (Å²) in [5.74, 6) is 2.80. The van der Waals surface area contributed by atoms with Crippen molar-refractivity contribution in [2.45, 2.75) is 83.8 Å². The van der Waals surface area contributed by atoms with Crippen LogP contribution in [0.15, 0.2) is 16.8 Å². The minimum absolute atomic E-state index is 0.119. The Hall–Kier alpha value is -2.33. The zero-order valence-electron chi connectivity index (χ0n) is 19.9. The van der Waals surface area contributed by atoms with Crippen LogP contribution in [-0.2, 0) is 14.4 Å². The molecule has 0 bridgehead atoms. The molecule has 0 heterocycles. The third-order valence-electron chi connectivity index (χ3n) is 9.49. The molecule has 3 saturated carbocycles. The van der Waals surface area contributed by atoms with E-state index < -0.39 is 23.5 Å². The summed E-state index contributed by atoms with van der Waals surface area (Å²) in [7, 11) is 0. The van der Waals surface area contributed by atoms with Crippen LogP contribution in [0.25, 0.3) is 0 Å². The lowest BCUT2D eigenvalue weighted by Crippen LogP contribution is -2.54. The Morgan fingerprint density at radius 1 is 1.24 bits per heavy atom. The minimum atomic E-state index is -1.09. The Labute approximate surface area is 196 Å². The number of aliphatic carboxylic acids is 1. The number of fused-ring (bicyclic) bond motifs is 5. The molecule has 180 valence electrons. The van der Waals surface area contributed by atoms with Crippen molar-refractivity contribution in [2.24, 2.45) is 33.7 Å². The third-order valence-corrected chi connectivity index (χ3v) is 9.49. The molecular formula is C26H36N2O5. The number of aliphatic hydroxyl groups is 1. The van der Waals surface area contributed by atoms with Crippen LogP contribution in [0.5, 0.6) is 0 Å². The number of carboxylic acid groups (broad SMARTS) is 1. The number of hydrogen-bond acceptors (Lipinski definition) is 5. The van der Waals surface area contributed by atoms with Gasteiger partial charge >= 0.3 is 5.97 Å². The van der Waals surface area contributed by atoms with E-state index >= 15 is 0 Å². The molecule has 7 heteroatoms. The first-order valence-corrected chi connectivity index (χ1v) is 12.2. The molecule has 0 saturated heterocycles. The molecule has 3 N–H and O–H groups in total. The number of carbonyl (C=O) groups excluding carboxylic acids is 1. The molecule has 0 spiro atoms. The number of nitrogens with one attached hydrogen (secondary N) is 1. The van der Waals surface area contributed by atoms with Crippen LogP contribution >= 0.6 is 0 Å². The highest BCUT2D eigenvalue weighted by atomic mass is 16.6. The van der Waals surface area contributed by atoms with Crippen molar-refractivity contribution in [1.29, 1.82) is 0 Å². The molecule has 1 amide bonds. The molecule has 4 aliphatic rings. The lowest BCUT2D eigenvalue weighted by Gasteiger charge is -2.58. The highest BCUT2D eigenvalue weighted by Gasteiger charge is 2.63. The van der Waals surface area contributed by atoms with Gasteiger partial charge in [-0.1, -0.05) is 30.5 Å². The largest absolute Gasteiger partial charge is 0.480 e. The van der Waals surface area contributed by atoms with Crippen LogP contribution in [-0.4, -0.2) is 46.1 Å². The van der Waals surface area contributed by atoms with Gasteiger partial charge in [0, 0.05) is 5.41 Å². The van der Waals surface area contributed by atoms with E-state index in [9.17, 15) is 14.7 Å². The molecule has 4 rings (SSSR count). The number of hydrogen-bond donors (Lipinski definition) is 3. The van der Waals surface area contributed by atoms with Crippen molar-refractivity contribution < 1.29 is 24.6 Å². The first kappa shape index (κ1) is 23.8. The second-order valence-corrected chi connectivity index (χ2v) is 11.0. The second-order valence-electron chi connectivity index (χ2n) is 11.0. The quantitative estimate of drug-likeness (QED) is 0.435. The summed E-state index contributed by atoms with van der Waals surface area (Å²) in [6.07, 6.45) is 15.6. The molecule has 0 aromatic carbocycles. The monoisotopic (exact) mass is 456 g/mol. The van der Waals surface area contributed by atoms with Gasteiger partial charge in [0.2, 0.25) is 0 Å². The van der Waals surface area contributed by atoms with E-state index in [0.29, 0.717) is 24.2 Å². The number of nitrogens with zero attached hydrogens (tertiary/aromatic N) is 1. The maximum Gasteiger partial charge on any atom is 0.325 e. The van der Waals surface area contributed by atoms with E-state index in [1.54, 1.807) is 0 Å². The fourth-order valence-corrected chi connectivity index (χ4v) is 7.41. The van der Waals surface area contributed by atoms with Crippen LogP contribution in [0, 0.1) is 40.9 Å². The van der Waals surface area contributed by atoms with Crippen molar-refractivity contribution in [3.05, 3.63) is 11.6 Å². The lowest BCUT2D eigenvalue weighted by molar-refractivity contribution is -0.142. The minimum Gasteiger partial charge on any atom is -0.480 e. The van der Waals surface area contributed by atoms with Gasteiger partial charge in [0.05, 0.1) is 5.71 Å². The molecule has 33 heavy (non-hydrogen) atoms. The highest BCUT2D eigenvalue weighted by molar-refractivity contribution is 5.96. The van der Waals surface area contributed by atoms with Gasteiger partial charge in [0.25, 0.3) is 5.91 Å². The van der Waals surface area contributed by atoms with Crippen LogP contribution in [0.4, 0.5) is 0 Å². The Morgan fingerprint density at radius 2 is 1.97 bits per heavy atom. The zero-order valence-corrected chi connectivity index (χ0v) is 19.9. The summed E-state index contributed by atoms with van der Waals surface area (Å²) in [5, 5.41) is 26.5. The van der Waals surface area contributed by atoms with Gasteiger partial charge in [0.1, 0.15) is 11.6 Å². The second kappa shape index (κ2) is 8.47. The predicted molar refractivity (Wildman–Crippen MR) is 124 cm³/mol. The first-order valence-electron chi connectivity index (χ1n) is 12.2. The molecule has 7 atom stereocenters. The van der Waals surface area contributed by atoms with Crippen molar-refractivity contribution in [3.63, 3.8) is 0 Å². The third kappa shape index (κ3) is 3.86. The Bertz CT molecular complexity index is 935. The van der Waals surface area contributed by atoms with Gasteiger partial charge in [-0.3, -0.25) is 9.59 Å². The van der Waals surface area contributed by atoms with Gasteiger partial charge in [-0.15, -0.1) is 6.42 Å². The molecule has 0 radical (unpaired) electrons. The summed E-state index contributed by atoms with van der Waals surface area (Å²) in [6, 6.07) is -0.963. The average molecular weight is 457 g/mol. The van der Waals surface area contributed by atoms with Gasteiger partial charge in [-0.05, 0) is 87.5 Å². The fraction of sp³-hybridized carbons (Fsp3) is 0.731. The maximum absolute atomic E-state index is 11.8. The number of rotatable bonds is 5. The molecule has 0 aromatic rings. The first-order chi connectivity index (χ1) is 15.5. The molecule has 0 unspecified atom stereocenters. The van der Waals surface area contributed by atoms with E-state index in [2.05, 4.69) is 36.3 Å². The van der Waals surface area contributed by atoms with E-state index in [1.807, 2.05) is 0 Å². The van der Waals surface area contributed by atoms with Crippen molar-refractivity contribution in [1.82, 2.24) is 5.32 Å². The van der Waals surface area contributed by atoms with E-state index in [-0.39, 0.29) is 17.4 Å². The van der Waals surface area contributed by atoms with Crippen LogP contribution in [0.3, 0.4) is 0 Å². The van der Waals surface area contributed by atoms with Gasteiger partial charge in [0.15, 0.2) is 6.61 Å². The molecule has 3 fully saturated rings. The number of terminal acetylenes is 1. The summed E-state index contributed by atoms with van der Waals surface area (Å²) < 4.78 is 0. The Kier molecular flexibility index (Phi) is 6.11. The van der Waals surface area contributed by atoms with E-state index in [1.165, 1.54) is 12.5 Å². The van der Waals surface area contributed by atoms with E-state index in [4.69, 9.17) is 16.4 Å². The molecule has 7 nitrogen and oxygen atoms in total. The zero-order chi connectivity index (χ0) is 24.0. The van der Waals surface area contributed by atoms with Crippen LogP contribution in [0.2, 0.25) is 0 Å². The van der Waals surface area contributed by atoms with Gasteiger partial charge in [-0.25, -0.2) is 0 Å². The van der Waals surface area contributed by atoms with Crippen molar-refractivity contribution in [2.75, 3.05) is 6.61 Å². The number of carbonyl (C=O) groups is 2. The number of oxime groups is 1. The van der Waals surface area contributed by atoms with Crippen molar-refractivity contribution >= 4 is 17.6 Å². The lowest BCUT2D eigenvalue weighted by atomic mass is 9.46. The standard InChI is InChI=1S/C26H36N2O5/c1-5-26(32)13-10-21-19-7-6-17-14-18(28-33-15-22(29)27-16(2)23(30)31)8-11-24(17,3)20(19)9-12-25(21,26)4/h1,14,16,19-21,32H,6-13,15H2,2-4H3,(H,27,29)(H,30,31)/t16-,19-,20+,21+,24+,25+,26-/m1/s1. The topological polar surface area (TPSA) is 108 Å². The predicted octanol–water partition coefficient (Wildman–Crippen LogP) is 3.28. The molecule has 4 aliphatic carbocycles. The summed E-state index contributed by atoms with van der Waals surface area (Å²) >= 11 is 0. The normalized spacial score (nSPS) is 41.6.